The van der Waals surface area contributed by atoms with E-state index in [4.69, 9.17) is 36.6 Å². The molecule has 6 aromatic carbocycles. The van der Waals surface area contributed by atoms with Crippen LogP contribution in [0.4, 0.5) is 0 Å². The van der Waals surface area contributed by atoms with Crippen molar-refractivity contribution in [2.24, 2.45) is 5.41 Å². The first-order chi connectivity index (χ1) is 31.6. The predicted octanol–water partition coefficient (Wildman–Crippen LogP) is 16.8. The molecule has 0 atom stereocenters. The Labute approximate surface area is 401 Å². The molecule has 2 aliphatic rings. The lowest BCUT2D eigenvalue weighted by molar-refractivity contribution is -0.0674. The van der Waals surface area contributed by atoms with Gasteiger partial charge in [0.15, 0.2) is 0 Å². The average Bonchev–Trinajstić information content (AvgIpc) is 3.28. The first kappa shape index (κ1) is 48.7. The van der Waals surface area contributed by atoms with Crippen LogP contribution in [0.2, 0.25) is 0 Å². The summed E-state index contributed by atoms with van der Waals surface area (Å²) in [6.07, 6.45) is 0. The van der Waals surface area contributed by atoms with Crippen LogP contribution in [0.1, 0.15) is 105 Å². The van der Waals surface area contributed by atoms with Crippen LogP contribution in [0, 0.1) is 5.41 Å². The maximum atomic E-state index is 6.79. The summed E-state index contributed by atoms with van der Waals surface area (Å²) in [5.41, 5.74) is 7.05. The number of hydrogen-bond acceptors (Lipinski definition) is 8. The molecule has 2 aliphatic heterocycles. The van der Waals surface area contributed by atoms with E-state index in [0.29, 0.717) is 26.4 Å². The van der Waals surface area contributed by atoms with Crippen molar-refractivity contribution >= 4 is 17.2 Å². The van der Waals surface area contributed by atoms with Crippen LogP contribution >= 0.6 is 17.2 Å². The second-order valence-corrected chi connectivity index (χ2v) is 24.2. The summed E-state index contributed by atoms with van der Waals surface area (Å²) < 4.78 is 52.4. The Kier molecular flexibility index (Phi) is 14.0. The molecule has 0 saturated carbocycles. The maximum Gasteiger partial charge on any atom is 0.397 e. The normalized spacial score (nSPS) is 19.2. The van der Waals surface area contributed by atoms with Crippen molar-refractivity contribution in [3.05, 3.63) is 156 Å². The highest BCUT2D eigenvalue weighted by atomic mass is 31.2. The highest BCUT2D eigenvalue weighted by molar-refractivity contribution is 7.42. The molecule has 6 aromatic rings. The van der Waals surface area contributed by atoms with E-state index in [0.717, 1.165) is 67.9 Å². The van der Waals surface area contributed by atoms with E-state index in [-0.39, 0.29) is 21.7 Å². The Morgan fingerprint density at radius 1 is 0.358 bits per heavy atom. The first-order valence-corrected chi connectivity index (χ1v) is 25.4. The number of hydrogen-bond donors (Lipinski definition) is 0. The zero-order chi connectivity index (χ0) is 47.8. The predicted molar refractivity (Wildman–Crippen MR) is 273 cm³/mol. The molecule has 0 amide bonds. The summed E-state index contributed by atoms with van der Waals surface area (Å²) in [6.45, 7) is 27.7. The first-order valence-electron chi connectivity index (χ1n) is 23.2. The molecule has 8 nitrogen and oxygen atoms in total. The molecule has 10 heteroatoms. The average molecular weight is 941 g/mol. The van der Waals surface area contributed by atoms with Gasteiger partial charge in [0.05, 0.1) is 31.8 Å². The minimum atomic E-state index is -1.72. The summed E-state index contributed by atoms with van der Waals surface area (Å²) in [6, 6.07) is 45.5. The second-order valence-electron chi connectivity index (χ2n) is 21.9. The Morgan fingerprint density at radius 3 is 0.896 bits per heavy atom. The minimum Gasteiger partial charge on any atom is -0.457 e. The standard InChI is InChI=1S/C57H66O8P2/c1-53(2,3)47-31-45(62-43-27-23-41(24-28-43)39-19-15-13-16-20-39)32-48(54(4,5)6)51(47)64-66-58-35-57(36-59-66)37-60-67(61-38-57)65-52-49(55(7,8)9)33-46(34-50(52)56(10,11)12)63-44-29-25-42(26-30-44)40-21-17-14-18-22-40/h13-34H,35-38H2,1-12H3. The van der Waals surface area contributed by atoms with E-state index in [1.807, 2.05) is 36.4 Å². The molecule has 2 saturated heterocycles. The molecule has 2 fully saturated rings. The topological polar surface area (TPSA) is 73.8 Å². The largest absolute Gasteiger partial charge is 0.457 e. The zero-order valence-electron chi connectivity index (χ0n) is 41.2. The fraction of sp³-hybridized carbons (Fsp3) is 0.368. The van der Waals surface area contributed by atoms with Gasteiger partial charge in [-0.1, -0.05) is 168 Å². The van der Waals surface area contributed by atoms with Crippen LogP contribution in [0.25, 0.3) is 22.3 Å². The molecule has 0 unspecified atom stereocenters. The monoisotopic (exact) mass is 940 g/mol. The van der Waals surface area contributed by atoms with Crippen molar-refractivity contribution in [1.29, 1.82) is 0 Å². The fourth-order valence-corrected chi connectivity index (χ4v) is 10.6. The molecule has 0 bridgehead atoms. The van der Waals surface area contributed by atoms with Gasteiger partial charge in [-0.15, -0.1) is 0 Å². The van der Waals surface area contributed by atoms with Gasteiger partial charge in [-0.3, -0.25) is 0 Å². The van der Waals surface area contributed by atoms with Gasteiger partial charge < -0.3 is 36.6 Å². The minimum absolute atomic E-state index is 0.275. The number of benzene rings is 6. The Hall–Kier alpha value is -4.78. The third kappa shape index (κ3) is 11.7. The number of ether oxygens (including phenoxy) is 2. The van der Waals surface area contributed by atoms with Crippen LogP contribution in [0.5, 0.6) is 34.5 Å². The quantitative estimate of drug-likeness (QED) is 0.126. The van der Waals surface area contributed by atoms with Gasteiger partial charge in [0.1, 0.15) is 34.5 Å². The molecule has 0 aromatic heterocycles. The van der Waals surface area contributed by atoms with Crippen LogP contribution in [0.15, 0.2) is 133 Å². The van der Waals surface area contributed by atoms with Crippen molar-refractivity contribution < 1.29 is 36.6 Å². The van der Waals surface area contributed by atoms with Crippen molar-refractivity contribution in [2.75, 3.05) is 26.4 Å². The maximum absolute atomic E-state index is 6.79. The lowest BCUT2D eigenvalue weighted by Gasteiger charge is -2.42. The van der Waals surface area contributed by atoms with Gasteiger partial charge in [0, 0.05) is 22.3 Å². The van der Waals surface area contributed by atoms with Crippen LogP contribution < -0.4 is 18.5 Å². The van der Waals surface area contributed by atoms with E-state index in [9.17, 15) is 0 Å². The third-order valence-corrected chi connectivity index (χ3v) is 14.0. The van der Waals surface area contributed by atoms with E-state index in [2.05, 4.69) is 180 Å². The Morgan fingerprint density at radius 2 is 0.627 bits per heavy atom. The Bertz CT molecular complexity index is 2350. The van der Waals surface area contributed by atoms with Crippen LogP contribution in [-0.4, -0.2) is 26.4 Å². The third-order valence-electron chi connectivity index (χ3n) is 12.0. The van der Waals surface area contributed by atoms with E-state index in [1.54, 1.807) is 0 Å². The van der Waals surface area contributed by atoms with E-state index in [1.165, 1.54) is 11.1 Å². The Balaban J connectivity index is 0.943. The molecule has 0 aliphatic carbocycles. The van der Waals surface area contributed by atoms with E-state index < -0.39 is 22.6 Å². The van der Waals surface area contributed by atoms with Crippen LogP contribution in [-0.2, 0) is 39.8 Å². The van der Waals surface area contributed by atoms with E-state index >= 15 is 0 Å². The molecule has 1 spiro atoms. The highest BCUT2D eigenvalue weighted by Crippen LogP contribution is 2.57. The zero-order valence-corrected chi connectivity index (χ0v) is 43.0. The molecule has 0 N–H and O–H groups in total. The highest BCUT2D eigenvalue weighted by Gasteiger charge is 2.46. The molecular formula is C57H66O8P2. The van der Waals surface area contributed by atoms with Gasteiger partial charge in [-0.2, -0.15) is 0 Å². The summed E-state index contributed by atoms with van der Waals surface area (Å²) in [4.78, 5) is 0. The van der Waals surface area contributed by atoms with Crippen molar-refractivity contribution in [3.8, 4) is 56.8 Å². The number of rotatable bonds is 10. The van der Waals surface area contributed by atoms with Crippen LogP contribution in [0.3, 0.4) is 0 Å². The van der Waals surface area contributed by atoms with Crippen molar-refractivity contribution in [2.45, 2.75) is 105 Å². The van der Waals surface area contributed by atoms with Crippen molar-refractivity contribution in [1.82, 2.24) is 0 Å². The smallest absolute Gasteiger partial charge is 0.397 e. The van der Waals surface area contributed by atoms with Gasteiger partial charge in [0.25, 0.3) is 0 Å². The molecule has 67 heavy (non-hydrogen) atoms. The second kappa shape index (κ2) is 19.3. The summed E-state index contributed by atoms with van der Waals surface area (Å²) in [7, 11) is -3.44. The molecule has 2 heterocycles. The molecule has 352 valence electrons. The van der Waals surface area contributed by atoms with Gasteiger partial charge in [-0.05, 0) is 92.4 Å². The van der Waals surface area contributed by atoms with Crippen molar-refractivity contribution in [3.63, 3.8) is 0 Å². The SMILES string of the molecule is CC(C)(C)c1cc(Oc2ccc(-c3ccccc3)cc2)cc(C(C)(C)C)c1OP1OCC2(CO1)COP(Oc1c(C(C)(C)C)cc(Oc3ccc(-c4ccccc4)cc3)cc1C(C)(C)C)OC2. The molecular weight excluding hydrogens is 875 g/mol. The lowest BCUT2D eigenvalue weighted by atomic mass is 9.79. The van der Waals surface area contributed by atoms with Gasteiger partial charge in [0.2, 0.25) is 0 Å². The molecule has 8 rings (SSSR count). The van der Waals surface area contributed by atoms with Gasteiger partial charge in [-0.25, -0.2) is 0 Å². The summed E-state index contributed by atoms with van der Waals surface area (Å²) in [5.74, 6) is 4.57. The fourth-order valence-electron chi connectivity index (χ4n) is 8.05. The summed E-state index contributed by atoms with van der Waals surface area (Å²) in [5, 5.41) is 0. The lowest BCUT2D eigenvalue weighted by Crippen LogP contribution is -2.45. The summed E-state index contributed by atoms with van der Waals surface area (Å²) >= 11 is 0. The molecule has 0 radical (unpaired) electrons. The van der Waals surface area contributed by atoms with Gasteiger partial charge >= 0.3 is 17.2 Å².